The van der Waals surface area contributed by atoms with Crippen molar-refractivity contribution < 1.29 is 19.2 Å². The number of allylic oxidation sites excluding steroid dienone is 2. The summed E-state index contributed by atoms with van der Waals surface area (Å²) in [5, 5.41) is 4.21. The number of esters is 1. The molecule has 0 atom stereocenters. The molecule has 2 aromatic rings. The molecule has 0 N–H and O–H groups in total. The second-order valence-corrected chi connectivity index (χ2v) is 7.89. The van der Waals surface area contributed by atoms with E-state index >= 15 is 0 Å². The highest BCUT2D eigenvalue weighted by Gasteiger charge is 2.38. The Morgan fingerprint density at radius 1 is 1.03 bits per heavy atom. The van der Waals surface area contributed by atoms with Gasteiger partial charge in [-0.1, -0.05) is 80.2 Å². The number of rotatable bonds is 7. The number of hydrogen-bond acceptors (Lipinski definition) is 5. The highest BCUT2D eigenvalue weighted by molar-refractivity contribution is 6.29. The van der Waals surface area contributed by atoms with Crippen LogP contribution < -0.4 is 0 Å². The molecule has 0 saturated heterocycles. The lowest BCUT2D eigenvalue weighted by Gasteiger charge is -2.31. The van der Waals surface area contributed by atoms with Gasteiger partial charge in [-0.15, -0.1) is 0 Å². The van der Waals surface area contributed by atoms with Crippen molar-refractivity contribution in [1.29, 1.82) is 0 Å². The number of ether oxygens (including phenoxy) is 1. The molecule has 0 fully saturated rings. The topological polar surface area (TPSA) is 65.0 Å². The van der Waals surface area contributed by atoms with Gasteiger partial charge < -0.3 is 9.57 Å². The van der Waals surface area contributed by atoms with Crippen LogP contribution in [0.4, 0.5) is 0 Å². The van der Waals surface area contributed by atoms with E-state index in [1.54, 1.807) is 30.3 Å². The Morgan fingerprint density at radius 3 is 2.23 bits per heavy atom. The standard InChI is InChI=1S/C25H25NO4/c1-4-15-29-26-23(18-11-7-5-8-12-18)22-20(27)16-25(2,3)17-21(22)30-24(28)19-13-9-6-10-14-19/h4-14H,1,15-17H2,2-3H3/b26-23-. The molecule has 0 heterocycles. The fourth-order valence-electron chi connectivity index (χ4n) is 3.35. The van der Waals surface area contributed by atoms with E-state index in [0.29, 0.717) is 35.4 Å². The third kappa shape index (κ3) is 5.11. The van der Waals surface area contributed by atoms with E-state index in [1.165, 1.54) is 0 Å². The van der Waals surface area contributed by atoms with Gasteiger partial charge in [-0.3, -0.25) is 4.79 Å². The monoisotopic (exact) mass is 403 g/mol. The minimum Gasteiger partial charge on any atom is -0.427 e. The molecular formula is C25H25NO4. The Hall–Kier alpha value is -3.47. The van der Waals surface area contributed by atoms with Crippen LogP contribution in [0.25, 0.3) is 0 Å². The SMILES string of the molecule is C=CCO/N=C(\C1=C(OC(=O)c2ccccc2)CC(C)(C)CC1=O)c1ccccc1. The smallest absolute Gasteiger partial charge is 0.343 e. The van der Waals surface area contributed by atoms with Crippen LogP contribution in [0.5, 0.6) is 0 Å². The molecule has 5 nitrogen and oxygen atoms in total. The number of nitrogens with zero attached hydrogens (tertiary/aromatic N) is 1. The van der Waals surface area contributed by atoms with Gasteiger partial charge in [0.05, 0.1) is 11.1 Å². The van der Waals surface area contributed by atoms with Crippen molar-refractivity contribution in [1.82, 2.24) is 0 Å². The summed E-state index contributed by atoms with van der Waals surface area (Å²) in [6.07, 6.45) is 2.32. The molecule has 0 amide bonds. The van der Waals surface area contributed by atoms with E-state index in [9.17, 15) is 9.59 Å². The maximum Gasteiger partial charge on any atom is 0.343 e. The molecule has 3 rings (SSSR count). The quantitative estimate of drug-likeness (QED) is 0.212. The van der Waals surface area contributed by atoms with Crippen molar-refractivity contribution in [2.24, 2.45) is 10.6 Å². The van der Waals surface area contributed by atoms with Gasteiger partial charge in [-0.05, 0) is 17.5 Å². The van der Waals surface area contributed by atoms with Crippen LogP contribution >= 0.6 is 0 Å². The van der Waals surface area contributed by atoms with Gasteiger partial charge in [0.1, 0.15) is 18.1 Å². The highest BCUT2D eigenvalue weighted by Crippen LogP contribution is 2.39. The molecule has 0 radical (unpaired) electrons. The normalized spacial score (nSPS) is 16.2. The molecule has 0 bridgehead atoms. The average Bonchev–Trinajstić information content (AvgIpc) is 2.72. The summed E-state index contributed by atoms with van der Waals surface area (Å²) in [7, 11) is 0. The van der Waals surface area contributed by atoms with Crippen LogP contribution in [0, 0.1) is 5.41 Å². The molecule has 0 saturated carbocycles. The van der Waals surface area contributed by atoms with E-state index < -0.39 is 5.97 Å². The number of carbonyl (C=O) groups is 2. The first-order valence-electron chi connectivity index (χ1n) is 9.81. The zero-order chi connectivity index (χ0) is 21.6. The second kappa shape index (κ2) is 9.35. The summed E-state index contributed by atoms with van der Waals surface area (Å²) < 4.78 is 5.77. The minimum absolute atomic E-state index is 0.132. The van der Waals surface area contributed by atoms with Crippen LogP contribution in [0.15, 0.2) is 89.8 Å². The number of Topliss-reactive ketones (excluding diaryl/α,β-unsaturated/α-hetero) is 1. The number of oxime groups is 1. The largest absolute Gasteiger partial charge is 0.427 e. The first-order chi connectivity index (χ1) is 14.4. The second-order valence-electron chi connectivity index (χ2n) is 7.89. The maximum absolute atomic E-state index is 13.2. The van der Waals surface area contributed by atoms with Gasteiger partial charge in [-0.2, -0.15) is 0 Å². The fourth-order valence-corrected chi connectivity index (χ4v) is 3.35. The van der Waals surface area contributed by atoms with Crippen molar-refractivity contribution in [3.05, 3.63) is 95.8 Å². The van der Waals surface area contributed by atoms with Gasteiger partial charge in [0.25, 0.3) is 0 Å². The van der Waals surface area contributed by atoms with Gasteiger partial charge >= 0.3 is 5.97 Å². The van der Waals surface area contributed by atoms with Crippen LogP contribution in [0.1, 0.15) is 42.6 Å². The molecule has 5 heteroatoms. The predicted octanol–water partition coefficient (Wildman–Crippen LogP) is 5.09. The summed E-state index contributed by atoms with van der Waals surface area (Å²) in [6.45, 7) is 7.77. The van der Waals surface area contributed by atoms with Gasteiger partial charge in [0, 0.05) is 18.4 Å². The van der Waals surface area contributed by atoms with E-state index in [-0.39, 0.29) is 23.4 Å². The molecule has 0 unspecified atom stereocenters. The molecule has 1 aliphatic carbocycles. The Morgan fingerprint density at radius 2 is 1.63 bits per heavy atom. The minimum atomic E-state index is -0.506. The average molecular weight is 403 g/mol. The summed E-state index contributed by atoms with van der Waals surface area (Å²) in [4.78, 5) is 31.3. The van der Waals surface area contributed by atoms with Crippen LogP contribution in [-0.4, -0.2) is 24.1 Å². The number of hydrogen-bond donors (Lipinski definition) is 0. The summed E-state index contributed by atoms with van der Waals surface area (Å²) in [5.74, 6) is -0.324. The summed E-state index contributed by atoms with van der Waals surface area (Å²) in [6, 6.07) is 18.0. The first kappa shape index (κ1) is 21.2. The molecule has 0 aliphatic heterocycles. The third-order valence-electron chi connectivity index (χ3n) is 4.69. The summed E-state index contributed by atoms with van der Waals surface area (Å²) in [5.41, 5.74) is 1.43. The molecule has 154 valence electrons. The van der Waals surface area contributed by atoms with E-state index in [1.807, 2.05) is 50.2 Å². The summed E-state index contributed by atoms with van der Waals surface area (Å²) >= 11 is 0. The fraction of sp³-hybridized carbons (Fsp3) is 0.240. The van der Waals surface area contributed by atoms with Gasteiger partial charge in [-0.25, -0.2) is 4.79 Å². The molecule has 0 aromatic heterocycles. The number of benzene rings is 2. The Labute approximate surface area is 176 Å². The van der Waals surface area contributed by atoms with Crippen molar-refractivity contribution in [2.75, 3.05) is 6.61 Å². The Bertz CT molecular complexity index is 988. The van der Waals surface area contributed by atoms with E-state index in [2.05, 4.69) is 11.7 Å². The van der Waals surface area contributed by atoms with Crippen molar-refractivity contribution >= 4 is 17.5 Å². The van der Waals surface area contributed by atoms with E-state index in [0.717, 1.165) is 0 Å². The van der Waals surface area contributed by atoms with Gasteiger partial charge in [0.2, 0.25) is 0 Å². The van der Waals surface area contributed by atoms with Crippen LogP contribution in [-0.2, 0) is 14.4 Å². The Balaban J connectivity index is 2.09. The molecule has 0 spiro atoms. The number of ketones is 1. The molecular weight excluding hydrogens is 378 g/mol. The molecule has 2 aromatic carbocycles. The first-order valence-corrected chi connectivity index (χ1v) is 9.81. The lowest BCUT2D eigenvalue weighted by atomic mass is 9.75. The number of carbonyl (C=O) groups excluding carboxylic acids is 2. The van der Waals surface area contributed by atoms with Crippen molar-refractivity contribution in [3.63, 3.8) is 0 Å². The van der Waals surface area contributed by atoms with E-state index in [4.69, 9.17) is 9.57 Å². The highest BCUT2D eigenvalue weighted by atomic mass is 16.6. The molecule has 30 heavy (non-hydrogen) atoms. The lowest BCUT2D eigenvalue weighted by Crippen LogP contribution is -2.31. The Kier molecular flexibility index (Phi) is 6.62. The maximum atomic E-state index is 13.2. The zero-order valence-corrected chi connectivity index (χ0v) is 17.3. The van der Waals surface area contributed by atoms with Crippen molar-refractivity contribution in [2.45, 2.75) is 26.7 Å². The van der Waals surface area contributed by atoms with Crippen molar-refractivity contribution in [3.8, 4) is 0 Å². The predicted molar refractivity (Wildman–Crippen MR) is 116 cm³/mol. The molecule has 1 aliphatic rings. The van der Waals surface area contributed by atoms with Crippen LogP contribution in [0.2, 0.25) is 0 Å². The van der Waals surface area contributed by atoms with Crippen LogP contribution in [0.3, 0.4) is 0 Å². The van der Waals surface area contributed by atoms with Gasteiger partial charge in [0.15, 0.2) is 5.78 Å². The zero-order valence-electron chi connectivity index (χ0n) is 17.3. The lowest BCUT2D eigenvalue weighted by molar-refractivity contribution is -0.118. The third-order valence-corrected chi connectivity index (χ3v) is 4.69.